The van der Waals surface area contributed by atoms with E-state index < -0.39 is 12.0 Å². The third-order valence-corrected chi connectivity index (χ3v) is 6.02. The van der Waals surface area contributed by atoms with Gasteiger partial charge >= 0.3 is 5.97 Å². The van der Waals surface area contributed by atoms with E-state index in [0.29, 0.717) is 11.7 Å². The van der Waals surface area contributed by atoms with Crippen molar-refractivity contribution in [3.8, 4) is 0 Å². The summed E-state index contributed by atoms with van der Waals surface area (Å²) in [7, 11) is 0. The molecule has 0 aromatic heterocycles. The quantitative estimate of drug-likeness (QED) is 0.784. The molecule has 3 fully saturated rings. The number of carbonyl (C=O) groups excluding carboxylic acids is 1. The van der Waals surface area contributed by atoms with Crippen LogP contribution in [0, 0.1) is 5.92 Å². The predicted molar refractivity (Wildman–Crippen MR) is 71.5 cm³/mol. The van der Waals surface area contributed by atoms with Gasteiger partial charge in [-0.3, -0.25) is 10.1 Å². The molecule has 3 rings (SSSR count). The SMILES string of the molecule is O=C(O)C1CSC(C2CC2)N1C(=O)C1CSCN1. The first kappa shape index (κ1) is 12.6. The molecule has 100 valence electrons. The molecule has 0 radical (unpaired) electrons. The van der Waals surface area contributed by atoms with Crippen molar-refractivity contribution in [2.24, 2.45) is 5.92 Å². The van der Waals surface area contributed by atoms with Crippen molar-refractivity contribution in [2.75, 3.05) is 17.4 Å². The number of amides is 1. The van der Waals surface area contributed by atoms with E-state index in [2.05, 4.69) is 5.32 Å². The van der Waals surface area contributed by atoms with Crippen LogP contribution in [0.2, 0.25) is 0 Å². The van der Waals surface area contributed by atoms with Crippen LogP contribution in [0.3, 0.4) is 0 Å². The van der Waals surface area contributed by atoms with Crippen molar-refractivity contribution < 1.29 is 14.7 Å². The molecule has 2 heterocycles. The zero-order chi connectivity index (χ0) is 12.7. The standard InChI is InChI=1S/C11H16N2O3S2/c14-9(7-3-17-5-12-7)13-8(11(15)16)4-18-10(13)6-1-2-6/h6-8,10,12H,1-5H2,(H,15,16). The summed E-state index contributed by atoms with van der Waals surface area (Å²) in [4.78, 5) is 25.4. The highest BCUT2D eigenvalue weighted by molar-refractivity contribution is 8.00. The molecule has 0 aromatic rings. The van der Waals surface area contributed by atoms with Gasteiger partial charge < -0.3 is 10.0 Å². The number of carbonyl (C=O) groups is 2. The fraction of sp³-hybridized carbons (Fsp3) is 0.818. The van der Waals surface area contributed by atoms with E-state index in [1.807, 2.05) is 0 Å². The predicted octanol–water partition coefficient (Wildman–Crippen LogP) is 0.414. The minimum absolute atomic E-state index is 0.0192. The summed E-state index contributed by atoms with van der Waals surface area (Å²) in [5, 5.41) is 12.5. The van der Waals surface area contributed by atoms with Crippen molar-refractivity contribution in [1.82, 2.24) is 10.2 Å². The molecule has 2 N–H and O–H groups in total. The van der Waals surface area contributed by atoms with Crippen LogP contribution in [0.1, 0.15) is 12.8 Å². The molecule has 2 aliphatic heterocycles. The van der Waals surface area contributed by atoms with Gasteiger partial charge in [-0.1, -0.05) is 0 Å². The highest BCUT2D eigenvalue weighted by Crippen LogP contribution is 2.45. The average molecular weight is 288 g/mol. The molecule has 0 bridgehead atoms. The van der Waals surface area contributed by atoms with Gasteiger partial charge in [0.1, 0.15) is 6.04 Å². The first-order valence-corrected chi connectivity index (χ1v) is 8.36. The Labute approximate surface area is 114 Å². The van der Waals surface area contributed by atoms with Crippen molar-refractivity contribution in [3.05, 3.63) is 0 Å². The topological polar surface area (TPSA) is 69.6 Å². The maximum absolute atomic E-state index is 12.5. The number of carboxylic acids is 1. The molecule has 7 heteroatoms. The van der Waals surface area contributed by atoms with Gasteiger partial charge in [-0.25, -0.2) is 4.79 Å². The molecule has 0 aromatic carbocycles. The fourth-order valence-electron chi connectivity index (χ4n) is 2.48. The van der Waals surface area contributed by atoms with Crippen LogP contribution >= 0.6 is 23.5 Å². The Hall–Kier alpha value is -0.400. The second kappa shape index (κ2) is 4.94. The van der Waals surface area contributed by atoms with Gasteiger partial charge in [0.15, 0.2) is 0 Å². The number of rotatable bonds is 3. The molecule has 1 amide bonds. The van der Waals surface area contributed by atoms with Gasteiger partial charge in [0.2, 0.25) is 5.91 Å². The zero-order valence-electron chi connectivity index (χ0n) is 9.87. The monoisotopic (exact) mass is 288 g/mol. The maximum Gasteiger partial charge on any atom is 0.327 e. The number of nitrogens with zero attached hydrogens (tertiary/aromatic N) is 1. The molecule has 5 nitrogen and oxygen atoms in total. The fourth-order valence-corrected chi connectivity index (χ4v) is 5.05. The second-order valence-electron chi connectivity index (χ2n) is 4.93. The van der Waals surface area contributed by atoms with Crippen LogP contribution in [0.4, 0.5) is 0 Å². The van der Waals surface area contributed by atoms with Crippen molar-refractivity contribution in [1.29, 1.82) is 0 Å². The summed E-state index contributed by atoms with van der Waals surface area (Å²) in [5.74, 6) is 1.69. The number of hydrogen-bond donors (Lipinski definition) is 2. The first-order chi connectivity index (χ1) is 8.68. The summed E-state index contributed by atoms with van der Waals surface area (Å²) >= 11 is 3.33. The molecule has 3 atom stereocenters. The molecule has 3 aliphatic rings. The van der Waals surface area contributed by atoms with Crippen LogP contribution in [0.5, 0.6) is 0 Å². The van der Waals surface area contributed by atoms with Gasteiger partial charge in [0, 0.05) is 17.4 Å². The van der Waals surface area contributed by atoms with E-state index in [0.717, 1.165) is 24.5 Å². The van der Waals surface area contributed by atoms with Crippen LogP contribution in [-0.4, -0.2) is 56.7 Å². The molecular weight excluding hydrogens is 272 g/mol. The third-order valence-electron chi connectivity index (χ3n) is 3.61. The van der Waals surface area contributed by atoms with Crippen molar-refractivity contribution in [3.63, 3.8) is 0 Å². The third kappa shape index (κ3) is 2.23. The van der Waals surface area contributed by atoms with E-state index in [1.165, 1.54) is 0 Å². The molecule has 3 unspecified atom stereocenters. The lowest BCUT2D eigenvalue weighted by Crippen LogP contribution is -2.53. The Bertz CT molecular complexity index is 369. The Kier molecular flexibility index (Phi) is 3.46. The van der Waals surface area contributed by atoms with E-state index in [9.17, 15) is 14.7 Å². The first-order valence-electron chi connectivity index (χ1n) is 6.16. The zero-order valence-corrected chi connectivity index (χ0v) is 11.5. The van der Waals surface area contributed by atoms with E-state index in [-0.39, 0.29) is 17.3 Å². The van der Waals surface area contributed by atoms with Gasteiger partial charge in [0.25, 0.3) is 0 Å². The minimum atomic E-state index is -0.871. The van der Waals surface area contributed by atoms with Gasteiger partial charge in [-0.05, 0) is 18.8 Å². The Balaban J connectivity index is 1.78. The Morgan fingerprint density at radius 3 is 2.61 bits per heavy atom. The number of thioether (sulfide) groups is 2. The van der Waals surface area contributed by atoms with E-state index in [4.69, 9.17) is 0 Å². The molecule has 2 saturated heterocycles. The summed E-state index contributed by atoms with van der Waals surface area (Å²) < 4.78 is 0. The van der Waals surface area contributed by atoms with E-state index in [1.54, 1.807) is 28.4 Å². The lowest BCUT2D eigenvalue weighted by atomic mass is 10.2. The molecule has 1 aliphatic carbocycles. The lowest BCUT2D eigenvalue weighted by Gasteiger charge is -2.29. The largest absolute Gasteiger partial charge is 0.480 e. The molecule has 1 saturated carbocycles. The average Bonchev–Trinajstić information content (AvgIpc) is 2.91. The van der Waals surface area contributed by atoms with E-state index >= 15 is 0 Å². The van der Waals surface area contributed by atoms with Crippen LogP contribution in [-0.2, 0) is 9.59 Å². The highest BCUT2D eigenvalue weighted by atomic mass is 32.2. The normalized spacial score (nSPS) is 36.0. The molecular formula is C11H16N2O3S2. The molecule has 0 spiro atoms. The van der Waals surface area contributed by atoms with Crippen LogP contribution in [0.15, 0.2) is 0 Å². The van der Waals surface area contributed by atoms with Crippen molar-refractivity contribution in [2.45, 2.75) is 30.3 Å². The highest BCUT2D eigenvalue weighted by Gasteiger charge is 2.49. The lowest BCUT2D eigenvalue weighted by molar-refractivity contribution is -0.149. The van der Waals surface area contributed by atoms with Crippen LogP contribution < -0.4 is 5.32 Å². The number of nitrogens with one attached hydrogen (secondary N) is 1. The Morgan fingerprint density at radius 2 is 2.06 bits per heavy atom. The summed E-state index contributed by atoms with van der Waals surface area (Å²) in [6.07, 6.45) is 2.25. The summed E-state index contributed by atoms with van der Waals surface area (Å²) in [5.41, 5.74) is 0. The number of carboxylic acid groups (broad SMARTS) is 1. The Morgan fingerprint density at radius 1 is 1.28 bits per heavy atom. The van der Waals surface area contributed by atoms with Crippen molar-refractivity contribution >= 4 is 35.4 Å². The maximum atomic E-state index is 12.5. The van der Waals surface area contributed by atoms with Gasteiger partial charge in [-0.2, -0.15) is 0 Å². The second-order valence-corrected chi connectivity index (χ2v) is 7.11. The minimum Gasteiger partial charge on any atom is -0.480 e. The smallest absolute Gasteiger partial charge is 0.327 e. The number of hydrogen-bond acceptors (Lipinski definition) is 5. The number of aliphatic carboxylic acids is 1. The van der Waals surface area contributed by atoms with Gasteiger partial charge in [0.05, 0.1) is 11.4 Å². The van der Waals surface area contributed by atoms with Crippen LogP contribution in [0.25, 0.3) is 0 Å². The summed E-state index contributed by atoms with van der Waals surface area (Å²) in [6.45, 7) is 0. The molecule has 18 heavy (non-hydrogen) atoms. The van der Waals surface area contributed by atoms with Gasteiger partial charge in [-0.15, -0.1) is 23.5 Å². The summed E-state index contributed by atoms with van der Waals surface area (Å²) in [6, 6.07) is -0.836.